The maximum Gasteiger partial charge on any atom is 0.304 e. The molecule has 5 nitrogen and oxygen atoms in total. The fraction of sp³-hybridized carbons (Fsp3) is 0.429. The molecule has 0 aromatic heterocycles. The van der Waals surface area contributed by atoms with Crippen molar-refractivity contribution in [1.29, 1.82) is 0 Å². The predicted molar refractivity (Wildman–Crippen MR) is 71.8 cm³/mol. The number of carbonyl (C=O) groups is 2. The van der Waals surface area contributed by atoms with E-state index >= 15 is 0 Å². The highest BCUT2D eigenvalue weighted by molar-refractivity contribution is 5.92. The summed E-state index contributed by atoms with van der Waals surface area (Å²) in [4.78, 5) is 24.4. The van der Waals surface area contributed by atoms with E-state index in [0.717, 1.165) is 24.6 Å². The molecule has 114 valence electrons. The lowest BCUT2D eigenvalue weighted by molar-refractivity contribution is -0.138. The molecule has 1 aromatic rings. The van der Waals surface area contributed by atoms with E-state index < -0.39 is 23.5 Å². The maximum absolute atomic E-state index is 13.4. The second-order valence-electron chi connectivity index (χ2n) is 5.04. The largest absolute Gasteiger partial charge is 0.481 e. The molecule has 21 heavy (non-hydrogen) atoms. The summed E-state index contributed by atoms with van der Waals surface area (Å²) in [7, 11) is 0. The Morgan fingerprint density at radius 2 is 2.14 bits per heavy atom. The van der Waals surface area contributed by atoms with Crippen molar-refractivity contribution in [2.24, 2.45) is 0 Å². The van der Waals surface area contributed by atoms with Gasteiger partial charge in [0.2, 0.25) is 5.91 Å². The van der Waals surface area contributed by atoms with Gasteiger partial charge in [-0.25, -0.2) is 8.78 Å². The number of rotatable bonds is 5. The first kappa shape index (κ1) is 15.4. The second kappa shape index (κ2) is 6.62. The van der Waals surface area contributed by atoms with Crippen LogP contribution in [0.15, 0.2) is 18.2 Å². The summed E-state index contributed by atoms with van der Waals surface area (Å²) in [6.45, 7) is 0.588. The quantitative estimate of drug-likeness (QED) is 0.870. The van der Waals surface area contributed by atoms with Gasteiger partial charge in [-0.05, 0) is 31.5 Å². The van der Waals surface area contributed by atoms with Gasteiger partial charge in [-0.2, -0.15) is 0 Å². The third-order valence-corrected chi connectivity index (χ3v) is 3.46. The Labute approximate surface area is 120 Å². The van der Waals surface area contributed by atoms with Gasteiger partial charge in [0, 0.05) is 12.1 Å². The minimum Gasteiger partial charge on any atom is -0.481 e. The van der Waals surface area contributed by atoms with Crippen LogP contribution in [0.25, 0.3) is 0 Å². The van der Waals surface area contributed by atoms with Crippen LogP contribution in [-0.4, -0.2) is 41.0 Å². The van der Waals surface area contributed by atoms with Crippen molar-refractivity contribution in [2.75, 3.05) is 18.4 Å². The molecular weight excluding hydrogens is 282 g/mol. The SMILES string of the molecule is O=C(O)CC1CCCN1CC(=O)Nc1cc(F)ccc1F. The number of nitrogens with zero attached hydrogens (tertiary/aromatic N) is 1. The first-order valence-corrected chi connectivity index (χ1v) is 6.66. The fourth-order valence-electron chi connectivity index (χ4n) is 2.50. The number of likely N-dealkylation sites (tertiary alicyclic amines) is 1. The molecule has 1 aliphatic rings. The highest BCUT2D eigenvalue weighted by atomic mass is 19.1. The summed E-state index contributed by atoms with van der Waals surface area (Å²) in [6, 6.07) is 2.62. The Hall–Kier alpha value is -2.02. The predicted octanol–water partition coefficient (Wildman–Crippen LogP) is 1.84. The number of aliphatic carboxylic acids is 1. The van der Waals surface area contributed by atoms with E-state index in [0.29, 0.717) is 13.0 Å². The van der Waals surface area contributed by atoms with Crippen molar-refractivity contribution in [3.8, 4) is 0 Å². The van der Waals surface area contributed by atoms with Crippen LogP contribution in [0.4, 0.5) is 14.5 Å². The van der Waals surface area contributed by atoms with E-state index in [1.54, 1.807) is 4.90 Å². The van der Waals surface area contributed by atoms with E-state index in [1.165, 1.54) is 0 Å². The van der Waals surface area contributed by atoms with Crippen LogP contribution in [0.1, 0.15) is 19.3 Å². The number of hydrogen-bond acceptors (Lipinski definition) is 3. The van der Waals surface area contributed by atoms with Gasteiger partial charge in [0.1, 0.15) is 11.6 Å². The smallest absolute Gasteiger partial charge is 0.304 e. The average molecular weight is 298 g/mol. The van der Waals surface area contributed by atoms with Gasteiger partial charge in [0.25, 0.3) is 0 Å². The molecule has 7 heteroatoms. The summed E-state index contributed by atoms with van der Waals surface area (Å²) in [6.07, 6.45) is 1.51. The summed E-state index contributed by atoms with van der Waals surface area (Å²) in [5, 5.41) is 11.1. The van der Waals surface area contributed by atoms with Gasteiger partial charge in [0.05, 0.1) is 18.7 Å². The third kappa shape index (κ3) is 4.22. The molecule has 1 aliphatic heterocycles. The van der Waals surface area contributed by atoms with Crippen LogP contribution in [-0.2, 0) is 9.59 Å². The van der Waals surface area contributed by atoms with Crippen LogP contribution in [0.3, 0.4) is 0 Å². The fourth-order valence-corrected chi connectivity index (χ4v) is 2.50. The molecule has 0 bridgehead atoms. The van der Waals surface area contributed by atoms with E-state index in [9.17, 15) is 18.4 Å². The van der Waals surface area contributed by atoms with E-state index in [-0.39, 0.29) is 24.7 Å². The number of halogens is 2. The van der Waals surface area contributed by atoms with Crippen molar-refractivity contribution in [3.05, 3.63) is 29.8 Å². The first-order valence-electron chi connectivity index (χ1n) is 6.66. The van der Waals surface area contributed by atoms with Crippen LogP contribution in [0.2, 0.25) is 0 Å². The summed E-state index contributed by atoms with van der Waals surface area (Å²) in [5.41, 5.74) is -0.214. The van der Waals surface area contributed by atoms with Gasteiger partial charge in [-0.15, -0.1) is 0 Å². The Balaban J connectivity index is 1.95. The average Bonchev–Trinajstić information content (AvgIpc) is 2.80. The number of carboxylic acids is 1. The number of benzene rings is 1. The van der Waals surface area contributed by atoms with Crippen LogP contribution in [0, 0.1) is 11.6 Å². The maximum atomic E-state index is 13.4. The summed E-state index contributed by atoms with van der Waals surface area (Å²) in [5.74, 6) is -2.76. The van der Waals surface area contributed by atoms with Crippen molar-refractivity contribution in [3.63, 3.8) is 0 Å². The standard InChI is InChI=1S/C14H16F2N2O3/c15-9-3-4-11(16)12(6-9)17-13(19)8-18-5-1-2-10(18)7-14(20)21/h3-4,6,10H,1-2,5,7-8H2,(H,17,19)(H,20,21). The molecule has 1 fully saturated rings. The van der Waals surface area contributed by atoms with Gasteiger partial charge < -0.3 is 10.4 Å². The topological polar surface area (TPSA) is 69.6 Å². The Kier molecular flexibility index (Phi) is 4.85. The summed E-state index contributed by atoms with van der Waals surface area (Å²) >= 11 is 0. The number of anilines is 1. The molecule has 0 aliphatic carbocycles. The minimum atomic E-state index is -0.913. The highest BCUT2D eigenvalue weighted by Gasteiger charge is 2.28. The Morgan fingerprint density at radius 3 is 2.86 bits per heavy atom. The van der Waals surface area contributed by atoms with Crippen molar-refractivity contribution >= 4 is 17.6 Å². The number of carboxylic acid groups (broad SMARTS) is 1. The molecular formula is C14H16F2N2O3. The lowest BCUT2D eigenvalue weighted by Gasteiger charge is -2.22. The normalized spacial score (nSPS) is 18.7. The molecule has 1 amide bonds. The molecule has 2 N–H and O–H groups in total. The van der Waals surface area contributed by atoms with Gasteiger partial charge in [-0.3, -0.25) is 14.5 Å². The molecule has 1 atom stereocenters. The molecule has 2 rings (SSSR count). The first-order chi connectivity index (χ1) is 9.95. The van der Waals surface area contributed by atoms with Crippen molar-refractivity contribution < 1.29 is 23.5 Å². The van der Waals surface area contributed by atoms with Crippen molar-refractivity contribution in [2.45, 2.75) is 25.3 Å². The third-order valence-electron chi connectivity index (χ3n) is 3.46. The lowest BCUT2D eigenvalue weighted by atomic mass is 10.1. The Morgan fingerprint density at radius 1 is 1.38 bits per heavy atom. The van der Waals surface area contributed by atoms with Crippen LogP contribution >= 0.6 is 0 Å². The van der Waals surface area contributed by atoms with Crippen LogP contribution < -0.4 is 5.32 Å². The molecule has 1 unspecified atom stereocenters. The molecule has 0 saturated carbocycles. The second-order valence-corrected chi connectivity index (χ2v) is 5.04. The zero-order chi connectivity index (χ0) is 15.4. The number of hydrogen-bond donors (Lipinski definition) is 2. The summed E-state index contributed by atoms with van der Waals surface area (Å²) < 4.78 is 26.4. The number of nitrogens with one attached hydrogen (secondary N) is 1. The molecule has 0 spiro atoms. The number of carbonyl (C=O) groups excluding carboxylic acids is 1. The van der Waals surface area contributed by atoms with E-state index in [1.807, 2.05) is 0 Å². The zero-order valence-corrected chi connectivity index (χ0v) is 11.3. The molecule has 1 heterocycles. The van der Waals surface area contributed by atoms with E-state index in [2.05, 4.69) is 5.32 Å². The molecule has 0 radical (unpaired) electrons. The molecule has 1 aromatic carbocycles. The Bertz CT molecular complexity index is 551. The van der Waals surface area contributed by atoms with Gasteiger partial charge in [0.15, 0.2) is 0 Å². The highest BCUT2D eigenvalue weighted by Crippen LogP contribution is 2.20. The van der Waals surface area contributed by atoms with Crippen molar-refractivity contribution in [1.82, 2.24) is 4.90 Å². The zero-order valence-electron chi connectivity index (χ0n) is 11.3. The lowest BCUT2D eigenvalue weighted by Crippen LogP contribution is -2.38. The van der Waals surface area contributed by atoms with Crippen LogP contribution in [0.5, 0.6) is 0 Å². The van der Waals surface area contributed by atoms with E-state index in [4.69, 9.17) is 5.11 Å². The monoisotopic (exact) mass is 298 g/mol. The number of amides is 1. The minimum absolute atomic E-state index is 0.0262. The van der Waals surface area contributed by atoms with Gasteiger partial charge in [-0.1, -0.05) is 0 Å². The van der Waals surface area contributed by atoms with Gasteiger partial charge >= 0.3 is 5.97 Å². The molecule has 1 saturated heterocycles.